The molecule has 5 nitrogen and oxygen atoms in total. The van der Waals surface area contributed by atoms with Crippen molar-refractivity contribution < 1.29 is 9.90 Å². The van der Waals surface area contributed by atoms with Gasteiger partial charge in [0.15, 0.2) is 0 Å². The fraction of sp³-hybridized carbons (Fsp3) is 0.250. The van der Waals surface area contributed by atoms with Gasteiger partial charge in [0.2, 0.25) is 0 Å². The minimum absolute atomic E-state index is 0.0865. The minimum atomic E-state index is -1.04. The summed E-state index contributed by atoms with van der Waals surface area (Å²) < 4.78 is 0. The Morgan fingerprint density at radius 3 is 2.90 bits per heavy atom. The number of rotatable bonds is 3. The summed E-state index contributed by atoms with van der Waals surface area (Å²) in [5, 5.41) is 12.4. The Hall–Kier alpha value is -2.56. The first-order chi connectivity index (χ1) is 10.1. The molecule has 0 atom stereocenters. The third kappa shape index (κ3) is 2.67. The fourth-order valence-corrected chi connectivity index (χ4v) is 2.77. The third-order valence-electron chi connectivity index (χ3n) is 3.79. The predicted molar refractivity (Wildman–Crippen MR) is 82.0 cm³/mol. The molecule has 0 radical (unpaired) electrons. The number of nitrogens with two attached hydrogens (primary N) is 1. The van der Waals surface area contributed by atoms with E-state index in [1.54, 1.807) is 0 Å². The number of nitrogens with zero attached hydrogens (tertiary/aromatic N) is 1. The molecule has 0 fully saturated rings. The van der Waals surface area contributed by atoms with E-state index in [1.165, 1.54) is 29.8 Å². The van der Waals surface area contributed by atoms with Crippen LogP contribution in [0, 0.1) is 0 Å². The van der Waals surface area contributed by atoms with Crippen molar-refractivity contribution >= 4 is 23.2 Å². The van der Waals surface area contributed by atoms with E-state index < -0.39 is 5.97 Å². The zero-order valence-corrected chi connectivity index (χ0v) is 11.6. The van der Waals surface area contributed by atoms with E-state index >= 15 is 0 Å². The Labute approximate surface area is 122 Å². The number of carboxylic acids is 1. The number of aryl methyl sites for hydroxylation is 1. The summed E-state index contributed by atoms with van der Waals surface area (Å²) in [5.74, 6) is -0.710. The molecule has 5 heteroatoms. The number of nitrogen functional groups attached to an aromatic ring is 1. The minimum Gasteiger partial charge on any atom is -0.478 e. The maximum atomic E-state index is 11.3. The SMILES string of the molecule is Nc1cnc(Nc2cccc3c2CCCC3)c(C(=O)O)c1. The summed E-state index contributed by atoms with van der Waals surface area (Å²) in [7, 11) is 0. The van der Waals surface area contributed by atoms with Gasteiger partial charge in [-0.05, 0) is 48.9 Å². The number of aromatic carboxylic acids is 1. The van der Waals surface area contributed by atoms with Crippen molar-refractivity contribution in [1.82, 2.24) is 4.98 Å². The molecule has 4 N–H and O–H groups in total. The highest BCUT2D eigenvalue weighted by atomic mass is 16.4. The van der Waals surface area contributed by atoms with Crippen LogP contribution in [0.2, 0.25) is 0 Å². The monoisotopic (exact) mass is 283 g/mol. The number of carbonyl (C=O) groups is 1. The van der Waals surface area contributed by atoms with Gasteiger partial charge in [-0.15, -0.1) is 0 Å². The average molecular weight is 283 g/mol. The highest BCUT2D eigenvalue weighted by Crippen LogP contribution is 2.30. The first kappa shape index (κ1) is 13.4. The summed E-state index contributed by atoms with van der Waals surface area (Å²) in [5.41, 5.74) is 9.57. The molecule has 1 heterocycles. The maximum Gasteiger partial charge on any atom is 0.339 e. The highest BCUT2D eigenvalue weighted by Gasteiger charge is 2.16. The van der Waals surface area contributed by atoms with Gasteiger partial charge in [-0.2, -0.15) is 0 Å². The molecule has 0 bridgehead atoms. The maximum absolute atomic E-state index is 11.3. The number of benzene rings is 1. The number of aromatic nitrogens is 1. The van der Waals surface area contributed by atoms with Gasteiger partial charge in [0.25, 0.3) is 0 Å². The number of pyridine rings is 1. The van der Waals surface area contributed by atoms with E-state index in [2.05, 4.69) is 16.4 Å². The topological polar surface area (TPSA) is 88.2 Å². The second-order valence-electron chi connectivity index (χ2n) is 5.25. The van der Waals surface area contributed by atoms with Crippen LogP contribution in [0.3, 0.4) is 0 Å². The number of hydrogen-bond donors (Lipinski definition) is 3. The van der Waals surface area contributed by atoms with E-state index in [-0.39, 0.29) is 5.56 Å². The van der Waals surface area contributed by atoms with Gasteiger partial charge in [0.1, 0.15) is 11.4 Å². The molecule has 3 rings (SSSR count). The number of nitrogens with one attached hydrogen (secondary N) is 1. The average Bonchev–Trinajstić information content (AvgIpc) is 2.49. The third-order valence-corrected chi connectivity index (χ3v) is 3.79. The Bertz CT molecular complexity index is 698. The number of hydrogen-bond acceptors (Lipinski definition) is 4. The van der Waals surface area contributed by atoms with Crippen molar-refractivity contribution in [2.24, 2.45) is 0 Å². The predicted octanol–water partition coefficient (Wildman–Crippen LogP) is 2.98. The lowest BCUT2D eigenvalue weighted by Crippen LogP contribution is -2.10. The molecule has 21 heavy (non-hydrogen) atoms. The van der Waals surface area contributed by atoms with Gasteiger partial charge in [0.05, 0.1) is 11.9 Å². The summed E-state index contributed by atoms with van der Waals surface area (Å²) in [4.78, 5) is 15.4. The highest BCUT2D eigenvalue weighted by molar-refractivity contribution is 5.95. The van der Waals surface area contributed by atoms with Crippen LogP contribution in [-0.2, 0) is 12.8 Å². The van der Waals surface area contributed by atoms with Crippen molar-refractivity contribution in [1.29, 1.82) is 0 Å². The molecule has 0 saturated carbocycles. The zero-order valence-electron chi connectivity index (χ0n) is 11.6. The van der Waals surface area contributed by atoms with Crippen LogP contribution in [0.15, 0.2) is 30.5 Å². The summed E-state index contributed by atoms with van der Waals surface area (Å²) in [6, 6.07) is 7.51. The Morgan fingerprint density at radius 2 is 2.10 bits per heavy atom. The second-order valence-corrected chi connectivity index (χ2v) is 5.25. The van der Waals surface area contributed by atoms with Crippen LogP contribution in [0.1, 0.15) is 34.3 Å². The number of carboxylic acid groups (broad SMARTS) is 1. The van der Waals surface area contributed by atoms with Crippen LogP contribution >= 0.6 is 0 Å². The summed E-state index contributed by atoms with van der Waals surface area (Å²) >= 11 is 0. The molecule has 1 aliphatic rings. The second kappa shape index (κ2) is 5.44. The Morgan fingerprint density at radius 1 is 1.29 bits per heavy atom. The molecule has 2 aromatic rings. The van der Waals surface area contributed by atoms with Gasteiger partial charge in [-0.3, -0.25) is 0 Å². The molecular weight excluding hydrogens is 266 g/mol. The van der Waals surface area contributed by atoms with Crippen LogP contribution < -0.4 is 11.1 Å². The smallest absolute Gasteiger partial charge is 0.339 e. The van der Waals surface area contributed by atoms with Crippen molar-refractivity contribution in [3.63, 3.8) is 0 Å². The van der Waals surface area contributed by atoms with Crippen molar-refractivity contribution in [3.05, 3.63) is 47.2 Å². The number of fused-ring (bicyclic) bond motifs is 1. The Balaban J connectivity index is 2.00. The molecule has 0 unspecified atom stereocenters. The fourth-order valence-electron chi connectivity index (χ4n) is 2.77. The molecule has 1 aliphatic carbocycles. The van der Waals surface area contributed by atoms with E-state index in [0.717, 1.165) is 24.9 Å². The van der Waals surface area contributed by atoms with E-state index in [1.807, 2.05) is 12.1 Å². The van der Waals surface area contributed by atoms with Crippen molar-refractivity contribution in [2.45, 2.75) is 25.7 Å². The van der Waals surface area contributed by atoms with Gasteiger partial charge in [-0.1, -0.05) is 12.1 Å². The molecule has 1 aromatic carbocycles. The molecule has 0 aliphatic heterocycles. The lowest BCUT2D eigenvalue weighted by Gasteiger charge is -2.20. The number of anilines is 3. The normalized spacial score (nSPS) is 13.5. The molecule has 0 spiro atoms. The summed E-state index contributed by atoms with van der Waals surface area (Å²) in [6.45, 7) is 0. The molecule has 0 amide bonds. The largest absolute Gasteiger partial charge is 0.478 e. The van der Waals surface area contributed by atoms with Crippen molar-refractivity contribution in [2.75, 3.05) is 11.1 Å². The quantitative estimate of drug-likeness (QED) is 0.806. The lowest BCUT2D eigenvalue weighted by molar-refractivity contribution is 0.0697. The van der Waals surface area contributed by atoms with Gasteiger partial charge in [-0.25, -0.2) is 9.78 Å². The van der Waals surface area contributed by atoms with Crippen LogP contribution in [0.25, 0.3) is 0 Å². The summed E-state index contributed by atoms with van der Waals surface area (Å²) in [6.07, 6.45) is 5.91. The first-order valence-electron chi connectivity index (χ1n) is 7.02. The lowest BCUT2D eigenvalue weighted by atomic mass is 9.90. The van der Waals surface area contributed by atoms with Gasteiger partial charge < -0.3 is 16.2 Å². The van der Waals surface area contributed by atoms with Crippen LogP contribution in [0.4, 0.5) is 17.2 Å². The van der Waals surface area contributed by atoms with Gasteiger partial charge in [0, 0.05) is 5.69 Å². The molecule has 0 saturated heterocycles. The molecule has 1 aromatic heterocycles. The standard InChI is InChI=1S/C16H17N3O2/c17-11-8-13(16(20)21)15(18-9-11)19-14-7-3-5-10-4-1-2-6-12(10)14/h3,5,7-9H,1-2,4,6,17H2,(H,18,19)(H,20,21). The van der Waals surface area contributed by atoms with E-state index in [0.29, 0.717) is 11.5 Å². The van der Waals surface area contributed by atoms with Gasteiger partial charge >= 0.3 is 5.97 Å². The van der Waals surface area contributed by atoms with E-state index in [4.69, 9.17) is 5.73 Å². The Kier molecular flexibility index (Phi) is 3.48. The van der Waals surface area contributed by atoms with E-state index in [9.17, 15) is 9.90 Å². The first-order valence-corrected chi connectivity index (χ1v) is 7.02. The zero-order chi connectivity index (χ0) is 14.8. The molecular formula is C16H17N3O2. The molecule has 108 valence electrons. The van der Waals surface area contributed by atoms with Crippen molar-refractivity contribution in [3.8, 4) is 0 Å². The van der Waals surface area contributed by atoms with Crippen LogP contribution in [0.5, 0.6) is 0 Å². The van der Waals surface area contributed by atoms with Crippen LogP contribution in [-0.4, -0.2) is 16.1 Å².